The second kappa shape index (κ2) is 4.58. The predicted molar refractivity (Wildman–Crippen MR) is 75.7 cm³/mol. The van der Waals surface area contributed by atoms with E-state index in [0.29, 0.717) is 5.92 Å². The van der Waals surface area contributed by atoms with Gasteiger partial charge in [0.25, 0.3) is 5.69 Å². The summed E-state index contributed by atoms with van der Waals surface area (Å²) in [6.45, 7) is 1.36. The molecular weight excluding hydrogens is 256 g/mol. The number of nitro groups is 1. The Morgan fingerprint density at radius 3 is 2.90 bits per heavy atom. The summed E-state index contributed by atoms with van der Waals surface area (Å²) in [4.78, 5) is 21.9. The maximum absolute atomic E-state index is 11.2. The molecule has 0 spiro atoms. The number of hydrogen-bond acceptors (Lipinski definition) is 3. The summed E-state index contributed by atoms with van der Waals surface area (Å²) in [6.07, 6.45) is 6.01. The second-order valence-electron chi connectivity index (χ2n) is 5.97. The van der Waals surface area contributed by atoms with Crippen molar-refractivity contribution in [2.45, 2.75) is 44.4 Å². The van der Waals surface area contributed by atoms with E-state index >= 15 is 0 Å². The maximum Gasteiger partial charge on any atom is 0.293 e. The number of nitro benzene ring substituents is 1. The monoisotopic (exact) mass is 274 g/mol. The fourth-order valence-corrected chi connectivity index (χ4v) is 3.68. The summed E-state index contributed by atoms with van der Waals surface area (Å²) in [5.41, 5.74) is 1.54. The molecule has 0 radical (unpaired) electrons. The fourth-order valence-electron chi connectivity index (χ4n) is 3.68. The van der Waals surface area contributed by atoms with Crippen LogP contribution in [0.4, 0.5) is 11.4 Å². The van der Waals surface area contributed by atoms with Crippen molar-refractivity contribution in [1.29, 1.82) is 0 Å². The fraction of sp³-hybridized carbons (Fsp3) is 0.533. The van der Waals surface area contributed by atoms with Crippen LogP contribution in [0.3, 0.4) is 0 Å². The molecule has 0 heterocycles. The molecule has 0 bridgehead atoms. The van der Waals surface area contributed by atoms with Crippen molar-refractivity contribution in [2.75, 3.05) is 5.32 Å². The van der Waals surface area contributed by atoms with E-state index in [1.54, 1.807) is 12.1 Å². The Morgan fingerprint density at radius 2 is 2.25 bits per heavy atom. The molecule has 106 valence electrons. The molecule has 3 rings (SSSR count). The number of carbonyl (C=O) groups excluding carboxylic acids is 1. The Kier molecular flexibility index (Phi) is 3.00. The van der Waals surface area contributed by atoms with Gasteiger partial charge in [0, 0.05) is 13.0 Å². The average Bonchev–Trinajstić information content (AvgIpc) is 3.13. The van der Waals surface area contributed by atoms with Gasteiger partial charge in [-0.3, -0.25) is 14.9 Å². The second-order valence-corrected chi connectivity index (χ2v) is 5.97. The zero-order chi connectivity index (χ0) is 14.3. The lowest BCUT2D eigenvalue weighted by Gasteiger charge is -2.22. The van der Waals surface area contributed by atoms with Gasteiger partial charge in [0.05, 0.1) is 4.92 Å². The van der Waals surface area contributed by atoms with E-state index in [0.717, 1.165) is 18.4 Å². The highest BCUT2D eigenvalue weighted by Crippen LogP contribution is 2.62. The molecule has 2 aliphatic rings. The van der Waals surface area contributed by atoms with Gasteiger partial charge in [-0.05, 0) is 42.2 Å². The lowest BCUT2D eigenvalue weighted by molar-refractivity contribution is -0.384. The highest BCUT2D eigenvalue weighted by atomic mass is 16.6. The molecule has 0 saturated heterocycles. The van der Waals surface area contributed by atoms with Crippen LogP contribution in [0.1, 0.15) is 44.6 Å². The largest absolute Gasteiger partial charge is 0.321 e. The number of hydrogen-bond donors (Lipinski definition) is 1. The number of carbonyl (C=O) groups is 1. The molecule has 2 unspecified atom stereocenters. The van der Waals surface area contributed by atoms with Gasteiger partial charge in [-0.1, -0.05) is 18.9 Å². The van der Waals surface area contributed by atoms with Crippen LogP contribution in [-0.2, 0) is 10.2 Å². The Balaban J connectivity index is 1.96. The Labute approximate surface area is 117 Å². The lowest BCUT2D eigenvalue weighted by Crippen LogP contribution is -2.15. The summed E-state index contributed by atoms with van der Waals surface area (Å²) in [5, 5.41) is 13.7. The number of fused-ring (bicyclic) bond motifs is 1. The molecular formula is C15H18N2O3. The minimum absolute atomic E-state index is 0.00305. The van der Waals surface area contributed by atoms with Gasteiger partial charge in [0.1, 0.15) is 5.69 Å². The number of benzene rings is 1. The molecule has 5 heteroatoms. The number of nitrogens with one attached hydrogen (secondary N) is 1. The highest BCUT2D eigenvalue weighted by Gasteiger charge is 2.55. The molecule has 20 heavy (non-hydrogen) atoms. The quantitative estimate of drug-likeness (QED) is 0.678. The van der Waals surface area contributed by atoms with Crippen molar-refractivity contribution < 1.29 is 9.72 Å². The molecule has 2 fully saturated rings. The zero-order valence-electron chi connectivity index (χ0n) is 11.5. The van der Waals surface area contributed by atoms with E-state index < -0.39 is 4.92 Å². The Hall–Kier alpha value is -1.91. The minimum Gasteiger partial charge on any atom is -0.321 e. The first kappa shape index (κ1) is 13.1. The van der Waals surface area contributed by atoms with Crippen LogP contribution in [0.15, 0.2) is 18.2 Å². The van der Waals surface area contributed by atoms with Gasteiger partial charge in [0.15, 0.2) is 0 Å². The summed E-state index contributed by atoms with van der Waals surface area (Å²) >= 11 is 0. The van der Waals surface area contributed by atoms with Crippen LogP contribution in [0.2, 0.25) is 0 Å². The normalized spacial score (nSPS) is 27.6. The topological polar surface area (TPSA) is 72.2 Å². The molecule has 2 saturated carbocycles. The standard InChI is InChI=1S/C15H18N2O3/c1-10(18)16-13-6-5-11(8-14(13)17(19)20)15-7-3-2-4-12(15)9-15/h5-6,8,12H,2-4,7,9H2,1H3,(H,16,18). The first-order valence-corrected chi connectivity index (χ1v) is 7.09. The lowest BCUT2D eigenvalue weighted by atomic mass is 9.82. The van der Waals surface area contributed by atoms with Crippen LogP contribution in [0.25, 0.3) is 0 Å². The van der Waals surface area contributed by atoms with Gasteiger partial charge in [-0.15, -0.1) is 0 Å². The van der Waals surface area contributed by atoms with E-state index in [2.05, 4.69) is 5.32 Å². The molecule has 2 atom stereocenters. The SMILES string of the molecule is CC(=O)Nc1ccc(C23CCCCC2C3)cc1[N+](=O)[O-]. The van der Waals surface area contributed by atoms with E-state index in [4.69, 9.17) is 0 Å². The number of anilines is 1. The first-order chi connectivity index (χ1) is 9.53. The number of rotatable bonds is 3. The smallest absolute Gasteiger partial charge is 0.293 e. The number of amides is 1. The molecule has 1 N–H and O–H groups in total. The highest BCUT2D eigenvalue weighted by molar-refractivity contribution is 5.91. The van der Waals surface area contributed by atoms with Crippen molar-refractivity contribution in [3.05, 3.63) is 33.9 Å². The van der Waals surface area contributed by atoms with Crippen LogP contribution in [0.5, 0.6) is 0 Å². The Morgan fingerprint density at radius 1 is 1.45 bits per heavy atom. The van der Waals surface area contributed by atoms with E-state index in [-0.39, 0.29) is 22.7 Å². The number of nitrogens with zero attached hydrogens (tertiary/aromatic N) is 1. The summed E-state index contributed by atoms with van der Waals surface area (Å²) in [6, 6.07) is 5.29. The van der Waals surface area contributed by atoms with Crippen molar-refractivity contribution in [3.8, 4) is 0 Å². The van der Waals surface area contributed by atoms with Crippen LogP contribution < -0.4 is 5.32 Å². The van der Waals surface area contributed by atoms with Gasteiger partial charge in [-0.25, -0.2) is 0 Å². The maximum atomic E-state index is 11.2. The predicted octanol–water partition coefficient (Wildman–Crippen LogP) is 3.38. The minimum atomic E-state index is -0.411. The molecule has 1 aromatic carbocycles. The zero-order valence-corrected chi connectivity index (χ0v) is 11.5. The van der Waals surface area contributed by atoms with Crippen LogP contribution in [0, 0.1) is 16.0 Å². The van der Waals surface area contributed by atoms with Gasteiger partial charge >= 0.3 is 0 Å². The van der Waals surface area contributed by atoms with Crippen LogP contribution in [-0.4, -0.2) is 10.8 Å². The van der Waals surface area contributed by atoms with Crippen molar-refractivity contribution in [3.63, 3.8) is 0 Å². The van der Waals surface area contributed by atoms with Crippen molar-refractivity contribution >= 4 is 17.3 Å². The average molecular weight is 274 g/mol. The molecule has 0 aliphatic heterocycles. The van der Waals surface area contributed by atoms with Crippen LogP contribution >= 0.6 is 0 Å². The third kappa shape index (κ3) is 2.07. The summed E-state index contributed by atoms with van der Waals surface area (Å²) in [7, 11) is 0. The molecule has 1 amide bonds. The van der Waals surface area contributed by atoms with E-state index in [1.165, 1.54) is 26.2 Å². The molecule has 1 aromatic rings. The van der Waals surface area contributed by atoms with Gasteiger partial charge < -0.3 is 5.32 Å². The summed E-state index contributed by atoms with van der Waals surface area (Å²) < 4.78 is 0. The summed E-state index contributed by atoms with van der Waals surface area (Å²) in [5.74, 6) is 0.406. The third-order valence-electron chi connectivity index (χ3n) is 4.74. The Bertz CT molecular complexity index is 584. The van der Waals surface area contributed by atoms with E-state index in [1.807, 2.05) is 6.07 Å². The van der Waals surface area contributed by atoms with Gasteiger partial charge in [-0.2, -0.15) is 0 Å². The van der Waals surface area contributed by atoms with Gasteiger partial charge in [0.2, 0.25) is 5.91 Å². The third-order valence-corrected chi connectivity index (χ3v) is 4.74. The first-order valence-electron chi connectivity index (χ1n) is 7.09. The van der Waals surface area contributed by atoms with E-state index in [9.17, 15) is 14.9 Å². The van der Waals surface area contributed by atoms with Crippen molar-refractivity contribution in [1.82, 2.24) is 0 Å². The molecule has 0 aromatic heterocycles. The molecule has 5 nitrogen and oxygen atoms in total. The molecule has 2 aliphatic carbocycles. The van der Waals surface area contributed by atoms with Crippen molar-refractivity contribution in [2.24, 2.45) is 5.92 Å².